The first-order valence-electron chi connectivity index (χ1n) is 5.50. The van der Waals surface area contributed by atoms with Gasteiger partial charge in [0, 0.05) is 5.56 Å². The van der Waals surface area contributed by atoms with Gasteiger partial charge in [0.05, 0.1) is 23.7 Å². The molecule has 88 valence electrons. The molecule has 0 radical (unpaired) electrons. The van der Waals surface area contributed by atoms with Crippen LogP contribution in [0.4, 0.5) is 0 Å². The molecule has 0 spiro atoms. The highest BCUT2D eigenvalue weighted by Gasteiger charge is 2.23. The Morgan fingerprint density at radius 2 is 2.25 bits per heavy atom. The van der Waals surface area contributed by atoms with E-state index < -0.39 is 0 Å². The van der Waals surface area contributed by atoms with Crippen LogP contribution in [0.1, 0.15) is 24.4 Å². The molecule has 0 aromatic heterocycles. The molecule has 1 aromatic carbocycles. The van der Waals surface area contributed by atoms with Crippen LogP contribution < -0.4 is 10.5 Å². The average molecular weight is 286 g/mol. The highest BCUT2D eigenvalue weighted by molar-refractivity contribution is 9.10. The number of nitrogens with two attached hydrogens (primary N) is 1. The Kier molecular flexibility index (Phi) is 3.84. The second kappa shape index (κ2) is 5.17. The monoisotopic (exact) mass is 285 g/mol. The third-order valence-corrected chi connectivity index (χ3v) is 3.38. The second-order valence-corrected chi connectivity index (χ2v) is 5.06. The van der Waals surface area contributed by atoms with Crippen LogP contribution in [0.5, 0.6) is 5.75 Å². The van der Waals surface area contributed by atoms with Gasteiger partial charge in [-0.05, 0) is 40.8 Å². The number of aliphatic hydroxyl groups excluding tert-OH is 1. The van der Waals surface area contributed by atoms with Gasteiger partial charge in [-0.15, -0.1) is 0 Å². The summed E-state index contributed by atoms with van der Waals surface area (Å²) < 4.78 is 6.67. The zero-order valence-electron chi connectivity index (χ0n) is 9.03. The molecular weight excluding hydrogens is 270 g/mol. The summed E-state index contributed by atoms with van der Waals surface area (Å²) in [6, 6.07) is 5.34. The first-order chi connectivity index (χ1) is 7.72. The Bertz CT molecular complexity index is 366. The van der Waals surface area contributed by atoms with Crippen LogP contribution >= 0.6 is 15.9 Å². The fourth-order valence-electron chi connectivity index (χ4n) is 1.55. The first-order valence-corrected chi connectivity index (χ1v) is 6.29. The Labute approximate surface area is 104 Å². The Hall–Kier alpha value is -0.580. The van der Waals surface area contributed by atoms with E-state index in [1.807, 2.05) is 18.2 Å². The third kappa shape index (κ3) is 2.75. The Balaban J connectivity index is 2.17. The van der Waals surface area contributed by atoms with Crippen molar-refractivity contribution in [3.8, 4) is 5.75 Å². The van der Waals surface area contributed by atoms with E-state index in [1.54, 1.807) is 0 Å². The molecule has 4 heteroatoms. The predicted molar refractivity (Wildman–Crippen MR) is 66.4 cm³/mol. The first kappa shape index (κ1) is 11.9. The van der Waals surface area contributed by atoms with Gasteiger partial charge in [-0.2, -0.15) is 0 Å². The minimum absolute atomic E-state index is 0.0732. The summed E-state index contributed by atoms with van der Waals surface area (Å²) in [6.45, 7) is 0.671. The number of hydrogen-bond donors (Lipinski definition) is 2. The number of para-hydroxylation sites is 1. The molecule has 0 aliphatic heterocycles. The van der Waals surface area contributed by atoms with Gasteiger partial charge in [0.1, 0.15) is 5.75 Å². The van der Waals surface area contributed by atoms with Crippen LogP contribution in [0.25, 0.3) is 0 Å². The van der Waals surface area contributed by atoms with E-state index in [1.165, 1.54) is 12.8 Å². The SMILES string of the molecule is NC(CO)c1cccc(Br)c1OCC1CC1. The van der Waals surface area contributed by atoms with Crippen LogP contribution in [-0.4, -0.2) is 18.3 Å². The molecule has 1 fully saturated rings. The maximum absolute atomic E-state index is 9.10. The van der Waals surface area contributed by atoms with Gasteiger partial charge in [0.15, 0.2) is 0 Å². The quantitative estimate of drug-likeness (QED) is 0.872. The normalized spacial score (nSPS) is 17.2. The summed E-state index contributed by atoms with van der Waals surface area (Å²) >= 11 is 3.45. The van der Waals surface area contributed by atoms with Gasteiger partial charge >= 0.3 is 0 Å². The van der Waals surface area contributed by atoms with E-state index in [-0.39, 0.29) is 12.6 Å². The standard InChI is InChI=1S/C12H16BrNO2/c13-10-3-1-2-9(11(14)6-15)12(10)16-7-8-4-5-8/h1-3,8,11,15H,4-7,14H2. The molecule has 2 rings (SSSR count). The molecule has 1 unspecified atom stereocenters. The van der Waals surface area contributed by atoms with E-state index >= 15 is 0 Å². The molecule has 3 N–H and O–H groups in total. The van der Waals surface area contributed by atoms with Gasteiger partial charge in [0.25, 0.3) is 0 Å². The number of halogens is 1. The number of ether oxygens (including phenoxy) is 1. The molecule has 0 amide bonds. The van der Waals surface area contributed by atoms with E-state index in [4.69, 9.17) is 15.6 Å². The highest BCUT2D eigenvalue weighted by Crippen LogP contribution is 2.35. The summed E-state index contributed by atoms with van der Waals surface area (Å²) in [5, 5.41) is 9.10. The molecule has 1 aliphatic rings. The van der Waals surface area contributed by atoms with Gasteiger partial charge in [-0.1, -0.05) is 12.1 Å². The summed E-state index contributed by atoms with van der Waals surface area (Å²) in [5.41, 5.74) is 6.69. The zero-order valence-corrected chi connectivity index (χ0v) is 10.6. The van der Waals surface area contributed by atoms with Crippen LogP contribution in [0.3, 0.4) is 0 Å². The van der Waals surface area contributed by atoms with Crippen LogP contribution in [0.15, 0.2) is 22.7 Å². The molecule has 0 saturated heterocycles. The van der Waals surface area contributed by atoms with Gasteiger partial charge in [-0.3, -0.25) is 0 Å². The van der Waals surface area contributed by atoms with Crippen molar-refractivity contribution in [3.05, 3.63) is 28.2 Å². The molecule has 1 aromatic rings. The second-order valence-electron chi connectivity index (χ2n) is 4.20. The topological polar surface area (TPSA) is 55.5 Å². The molecule has 1 aliphatic carbocycles. The lowest BCUT2D eigenvalue weighted by Crippen LogP contribution is -2.16. The van der Waals surface area contributed by atoms with E-state index in [0.29, 0.717) is 5.92 Å². The molecule has 0 bridgehead atoms. The van der Waals surface area contributed by atoms with Crippen LogP contribution in [0.2, 0.25) is 0 Å². The maximum atomic E-state index is 9.10. The smallest absolute Gasteiger partial charge is 0.138 e. The van der Waals surface area contributed by atoms with Gasteiger partial charge in [-0.25, -0.2) is 0 Å². The summed E-state index contributed by atoms with van der Waals surface area (Å²) in [5.74, 6) is 1.47. The minimum atomic E-state index is -0.383. The van der Waals surface area contributed by atoms with Crippen molar-refractivity contribution in [1.29, 1.82) is 0 Å². The largest absolute Gasteiger partial charge is 0.492 e. The van der Waals surface area contributed by atoms with E-state index in [0.717, 1.165) is 22.4 Å². The minimum Gasteiger partial charge on any atom is -0.492 e. The fraction of sp³-hybridized carbons (Fsp3) is 0.500. The summed E-state index contributed by atoms with van der Waals surface area (Å²) in [7, 11) is 0. The third-order valence-electron chi connectivity index (χ3n) is 2.75. The van der Waals surface area contributed by atoms with Crippen LogP contribution in [-0.2, 0) is 0 Å². The highest BCUT2D eigenvalue weighted by atomic mass is 79.9. The van der Waals surface area contributed by atoms with Crippen molar-refractivity contribution in [3.63, 3.8) is 0 Å². The lowest BCUT2D eigenvalue weighted by molar-refractivity contribution is 0.256. The number of benzene rings is 1. The molecular formula is C12H16BrNO2. The molecule has 1 atom stereocenters. The lowest BCUT2D eigenvalue weighted by atomic mass is 10.1. The van der Waals surface area contributed by atoms with Crippen molar-refractivity contribution in [1.82, 2.24) is 0 Å². The van der Waals surface area contributed by atoms with E-state index in [2.05, 4.69) is 15.9 Å². The number of hydrogen-bond acceptors (Lipinski definition) is 3. The average Bonchev–Trinajstić information content (AvgIpc) is 3.10. The summed E-state index contributed by atoms with van der Waals surface area (Å²) in [4.78, 5) is 0. The molecule has 0 heterocycles. The lowest BCUT2D eigenvalue weighted by Gasteiger charge is -2.16. The fourth-order valence-corrected chi connectivity index (χ4v) is 2.05. The van der Waals surface area contributed by atoms with E-state index in [9.17, 15) is 0 Å². The van der Waals surface area contributed by atoms with Crippen molar-refractivity contribution in [2.75, 3.05) is 13.2 Å². The van der Waals surface area contributed by atoms with Crippen LogP contribution in [0, 0.1) is 5.92 Å². The van der Waals surface area contributed by atoms with Crippen molar-refractivity contribution >= 4 is 15.9 Å². The molecule has 16 heavy (non-hydrogen) atoms. The van der Waals surface area contributed by atoms with Gasteiger partial charge < -0.3 is 15.6 Å². The number of rotatable bonds is 5. The molecule has 1 saturated carbocycles. The summed E-state index contributed by atoms with van der Waals surface area (Å²) in [6.07, 6.45) is 2.51. The Morgan fingerprint density at radius 3 is 2.88 bits per heavy atom. The predicted octanol–water partition coefficient (Wildman–Crippen LogP) is 2.23. The molecule has 3 nitrogen and oxygen atoms in total. The van der Waals surface area contributed by atoms with Gasteiger partial charge in [0.2, 0.25) is 0 Å². The maximum Gasteiger partial charge on any atom is 0.138 e. The zero-order chi connectivity index (χ0) is 11.5. The van der Waals surface area contributed by atoms with Crippen molar-refractivity contribution in [2.45, 2.75) is 18.9 Å². The Morgan fingerprint density at radius 1 is 1.50 bits per heavy atom. The van der Waals surface area contributed by atoms with Crippen molar-refractivity contribution < 1.29 is 9.84 Å². The van der Waals surface area contributed by atoms with Crippen molar-refractivity contribution in [2.24, 2.45) is 11.7 Å². The number of aliphatic hydroxyl groups is 1.